The first-order chi connectivity index (χ1) is 15.2. The SMILES string of the molecule is O=C(N[C@H]1CCOC[C@@H]1O)c1cc(Cc2cnc3ccccc3c2)c2c(n1)CCCC2. The predicted octanol–water partition coefficient (Wildman–Crippen LogP) is 2.98. The van der Waals surface area contributed by atoms with E-state index in [0.29, 0.717) is 18.7 Å². The number of para-hydroxylation sites is 1. The first kappa shape index (κ1) is 20.1. The maximum atomic E-state index is 13.0. The third-order valence-electron chi connectivity index (χ3n) is 6.31. The zero-order valence-electron chi connectivity index (χ0n) is 17.5. The number of aliphatic hydroxyl groups excluding tert-OH is 1. The standard InChI is InChI=1S/C25H27N3O3/c29-24-15-31-10-9-22(24)28-25(30)23-13-18(19-6-2-4-8-21(19)27-23)12-16-11-17-5-1-3-7-20(17)26-14-16/h1,3,5,7,11,13-14,22,24,29H,2,4,6,8-10,12,15H2,(H,28,30)/t22-,24-/m0/s1. The summed E-state index contributed by atoms with van der Waals surface area (Å²) in [5.74, 6) is -0.225. The number of carbonyl (C=O) groups excluding carboxylic acids is 1. The molecule has 2 aromatic heterocycles. The van der Waals surface area contributed by atoms with Gasteiger partial charge in [0.15, 0.2) is 0 Å². The number of nitrogens with one attached hydrogen (secondary N) is 1. The maximum absolute atomic E-state index is 13.0. The van der Waals surface area contributed by atoms with Gasteiger partial charge in [0, 0.05) is 23.9 Å². The van der Waals surface area contributed by atoms with Gasteiger partial charge in [-0.15, -0.1) is 0 Å². The Hall–Kier alpha value is -2.83. The highest BCUT2D eigenvalue weighted by molar-refractivity contribution is 5.93. The number of carbonyl (C=O) groups is 1. The Morgan fingerprint density at radius 2 is 2.06 bits per heavy atom. The smallest absolute Gasteiger partial charge is 0.270 e. The highest BCUT2D eigenvalue weighted by Gasteiger charge is 2.27. The van der Waals surface area contributed by atoms with Crippen LogP contribution in [0.4, 0.5) is 0 Å². The van der Waals surface area contributed by atoms with Crippen LogP contribution < -0.4 is 5.32 Å². The van der Waals surface area contributed by atoms with Gasteiger partial charge >= 0.3 is 0 Å². The number of amides is 1. The fourth-order valence-corrected chi connectivity index (χ4v) is 4.63. The van der Waals surface area contributed by atoms with Gasteiger partial charge in [-0.1, -0.05) is 18.2 Å². The number of aryl methyl sites for hydroxylation is 1. The zero-order valence-corrected chi connectivity index (χ0v) is 17.5. The van der Waals surface area contributed by atoms with Gasteiger partial charge in [-0.3, -0.25) is 9.78 Å². The molecule has 1 aliphatic carbocycles. The van der Waals surface area contributed by atoms with Crippen molar-refractivity contribution < 1.29 is 14.6 Å². The van der Waals surface area contributed by atoms with Crippen molar-refractivity contribution in [3.05, 3.63) is 70.7 Å². The molecule has 6 nitrogen and oxygen atoms in total. The second-order valence-corrected chi connectivity index (χ2v) is 8.52. The van der Waals surface area contributed by atoms with Gasteiger partial charge < -0.3 is 15.2 Å². The normalized spacial score (nSPS) is 20.9. The molecular weight excluding hydrogens is 390 g/mol. The van der Waals surface area contributed by atoms with E-state index in [1.165, 1.54) is 5.56 Å². The maximum Gasteiger partial charge on any atom is 0.270 e. The minimum Gasteiger partial charge on any atom is -0.389 e. The van der Waals surface area contributed by atoms with E-state index in [-0.39, 0.29) is 18.6 Å². The van der Waals surface area contributed by atoms with Crippen LogP contribution in [-0.4, -0.2) is 46.3 Å². The fraction of sp³-hybridized carbons (Fsp3) is 0.400. The van der Waals surface area contributed by atoms with Crippen molar-refractivity contribution in [3.63, 3.8) is 0 Å². The summed E-state index contributed by atoms with van der Waals surface area (Å²) in [4.78, 5) is 22.3. The Morgan fingerprint density at radius 1 is 1.19 bits per heavy atom. The number of aliphatic hydroxyl groups is 1. The summed E-state index contributed by atoms with van der Waals surface area (Å²) in [5, 5.41) is 14.2. The van der Waals surface area contributed by atoms with Crippen molar-refractivity contribution in [3.8, 4) is 0 Å². The number of hydrogen-bond acceptors (Lipinski definition) is 5. The number of rotatable bonds is 4. The molecule has 6 heteroatoms. The first-order valence-electron chi connectivity index (χ1n) is 11.1. The van der Waals surface area contributed by atoms with Crippen LogP contribution in [0.15, 0.2) is 42.6 Å². The molecule has 31 heavy (non-hydrogen) atoms. The van der Waals surface area contributed by atoms with E-state index in [0.717, 1.165) is 59.8 Å². The summed E-state index contributed by atoms with van der Waals surface area (Å²) in [6, 6.07) is 11.9. The van der Waals surface area contributed by atoms with Crippen molar-refractivity contribution in [2.75, 3.05) is 13.2 Å². The van der Waals surface area contributed by atoms with Crippen LogP contribution in [0, 0.1) is 0 Å². The number of fused-ring (bicyclic) bond motifs is 2. The lowest BCUT2D eigenvalue weighted by atomic mass is 9.89. The number of pyridine rings is 2. The monoisotopic (exact) mass is 417 g/mol. The molecule has 1 fully saturated rings. The molecule has 0 radical (unpaired) electrons. The molecule has 2 aliphatic rings. The minimum atomic E-state index is -0.682. The molecule has 0 bridgehead atoms. The summed E-state index contributed by atoms with van der Waals surface area (Å²) in [7, 11) is 0. The Morgan fingerprint density at radius 3 is 2.97 bits per heavy atom. The lowest BCUT2D eigenvalue weighted by molar-refractivity contribution is -0.0261. The molecule has 1 saturated heterocycles. The molecule has 1 amide bonds. The topological polar surface area (TPSA) is 84.3 Å². The molecular formula is C25H27N3O3. The largest absolute Gasteiger partial charge is 0.389 e. The molecule has 3 aromatic rings. The minimum absolute atomic E-state index is 0.225. The molecule has 1 aromatic carbocycles. The summed E-state index contributed by atoms with van der Waals surface area (Å²) < 4.78 is 5.27. The second kappa shape index (κ2) is 8.73. The number of nitrogens with zero attached hydrogens (tertiary/aromatic N) is 2. The third-order valence-corrected chi connectivity index (χ3v) is 6.31. The van der Waals surface area contributed by atoms with E-state index in [1.807, 2.05) is 30.5 Å². The van der Waals surface area contributed by atoms with E-state index in [4.69, 9.17) is 9.72 Å². The van der Waals surface area contributed by atoms with Crippen LogP contribution >= 0.6 is 0 Å². The van der Waals surface area contributed by atoms with Crippen LogP contribution in [0.5, 0.6) is 0 Å². The van der Waals surface area contributed by atoms with Gasteiger partial charge in [-0.25, -0.2) is 4.98 Å². The molecule has 0 spiro atoms. The lowest BCUT2D eigenvalue weighted by Gasteiger charge is -2.28. The molecule has 5 rings (SSSR count). The number of ether oxygens (including phenoxy) is 1. The zero-order chi connectivity index (χ0) is 21.2. The molecule has 1 aliphatic heterocycles. The number of benzene rings is 1. The number of aromatic nitrogens is 2. The van der Waals surface area contributed by atoms with E-state index in [9.17, 15) is 9.90 Å². The van der Waals surface area contributed by atoms with E-state index in [1.54, 1.807) is 0 Å². The van der Waals surface area contributed by atoms with Crippen LogP contribution in [0.25, 0.3) is 10.9 Å². The van der Waals surface area contributed by atoms with Crippen LogP contribution in [0.2, 0.25) is 0 Å². The second-order valence-electron chi connectivity index (χ2n) is 8.52. The highest BCUT2D eigenvalue weighted by atomic mass is 16.5. The number of hydrogen-bond donors (Lipinski definition) is 2. The van der Waals surface area contributed by atoms with Gasteiger partial charge in [0.2, 0.25) is 0 Å². The molecule has 0 unspecified atom stereocenters. The van der Waals surface area contributed by atoms with Crippen molar-refractivity contribution in [1.82, 2.24) is 15.3 Å². The Kier molecular flexibility index (Phi) is 5.66. The average molecular weight is 418 g/mol. The van der Waals surface area contributed by atoms with Gasteiger partial charge in [-0.05, 0) is 73.4 Å². The van der Waals surface area contributed by atoms with Gasteiger partial charge in [0.25, 0.3) is 5.91 Å². The van der Waals surface area contributed by atoms with Crippen molar-refractivity contribution >= 4 is 16.8 Å². The summed E-state index contributed by atoms with van der Waals surface area (Å²) in [6.45, 7) is 0.794. The predicted molar refractivity (Wildman–Crippen MR) is 118 cm³/mol. The Bertz CT molecular complexity index is 1110. The summed E-state index contributed by atoms with van der Waals surface area (Å²) >= 11 is 0. The molecule has 2 atom stereocenters. The molecule has 160 valence electrons. The van der Waals surface area contributed by atoms with Crippen LogP contribution in [-0.2, 0) is 24.0 Å². The quantitative estimate of drug-likeness (QED) is 0.682. The van der Waals surface area contributed by atoms with Crippen molar-refractivity contribution in [2.24, 2.45) is 0 Å². The van der Waals surface area contributed by atoms with Crippen molar-refractivity contribution in [1.29, 1.82) is 0 Å². The lowest BCUT2D eigenvalue weighted by Crippen LogP contribution is -2.48. The molecule has 3 heterocycles. The van der Waals surface area contributed by atoms with Crippen LogP contribution in [0.3, 0.4) is 0 Å². The highest BCUT2D eigenvalue weighted by Crippen LogP contribution is 2.27. The van der Waals surface area contributed by atoms with Crippen LogP contribution in [0.1, 0.15) is 52.1 Å². The summed E-state index contributed by atoms with van der Waals surface area (Å²) in [6.07, 6.45) is 6.72. The average Bonchev–Trinajstić information content (AvgIpc) is 2.80. The van der Waals surface area contributed by atoms with Gasteiger partial charge in [0.05, 0.1) is 24.3 Å². The Labute approximate surface area is 181 Å². The molecule has 2 N–H and O–H groups in total. The summed E-state index contributed by atoms with van der Waals surface area (Å²) in [5.41, 5.74) is 6.02. The van der Waals surface area contributed by atoms with Crippen molar-refractivity contribution in [2.45, 2.75) is 50.7 Å². The third kappa shape index (κ3) is 4.31. The van der Waals surface area contributed by atoms with E-state index >= 15 is 0 Å². The molecule has 0 saturated carbocycles. The van der Waals surface area contributed by atoms with Gasteiger partial charge in [-0.2, -0.15) is 0 Å². The van der Waals surface area contributed by atoms with E-state index in [2.05, 4.69) is 22.4 Å². The first-order valence-corrected chi connectivity index (χ1v) is 11.1. The Balaban J connectivity index is 1.45. The van der Waals surface area contributed by atoms with Gasteiger partial charge in [0.1, 0.15) is 5.69 Å². The van der Waals surface area contributed by atoms with E-state index < -0.39 is 6.10 Å². The fourth-order valence-electron chi connectivity index (χ4n) is 4.63.